The van der Waals surface area contributed by atoms with E-state index in [2.05, 4.69) is 43.9 Å². The van der Waals surface area contributed by atoms with Gasteiger partial charge in [-0.2, -0.15) is 0 Å². The summed E-state index contributed by atoms with van der Waals surface area (Å²) in [6.07, 6.45) is 0.110. The van der Waals surface area contributed by atoms with Gasteiger partial charge in [0.1, 0.15) is 0 Å². The van der Waals surface area contributed by atoms with Crippen LogP contribution in [0.3, 0.4) is 0 Å². The van der Waals surface area contributed by atoms with Crippen molar-refractivity contribution in [3.05, 3.63) is 34.9 Å². The van der Waals surface area contributed by atoms with Crippen molar-refractivity contribution in [3.63, 3.8) is 0 Å². The third kappa shape index (κ3) is 2.44. The molecule has 2 N–H and O–H groups in total. The van der Waals surface area contributed by atoms with E-state index in [1.165, 1.54) is 16.7 Å². The maximum Gasteiger partial charge on any atom is 0.0894 e. The molecule has 0 radical (unpaired) electrons. The lowest BCUT2D eigenvalue weighted by Gasteiger charge is -2.41. The summed E-state index contributed by atoms with van der Waals surface area (Å²) in [7, 11) is 0. The molecule has 3 nitrogen and oxygen atoms in total. The van der Waals surface area contributed by atoms with Gasteiger partial charge in [0.15, 0.2) is 0 Å². The van der Waals surface area contributed by atoms with Crippen LogP contribution in [0.1, 0.15) is 29.7 Å². The summed E-state index contributed by atoms with van der Waals surface area (Å²) in [5.41, 5.74) is 9.97. The van der Waals surface area contributed by atoms with Crippen molar-refractivity contribution in [3.8, 4) is 0 Å². The van der Waals surface area contributed by atoms with Crippen LogP contribution in [0.5, 0.6) is 0 Å². The smallest absolute Gasteiger partial charge is 0.0894 e. The van der Waals surface area contributed by atoms with E-state index in [-0.39, 0.29) is 6.10 Å². The number of likely N-dealkylation sites (N-methyl/N-ethyl adjacent to an activating group) is 1. The SMILES string of the molecule is CCN1CCOC(CN)C1c1c(C)cccc1C. The molecule has 1 saturated heterocycles. The molecule has 3 heteroatoms. The molecule has 2 atom stereocenters. The van der Waals surface area contributed by atoms with Crippen LogP contribution in [0.4, 0.5) is 0 Å². The Morgan fingerprint density at radius 2 is 2.00 bits per heavy atom. The molecule has 1 aliphatic heterocycles. The number of aryl methyl sites for hydroxylation is 2. The molecule has 2 unspecified atom stereocenters. The minimum Gasteiger partial charge on any atom is -0.374 e. The van der Waals surface area contributed by atoms with E-state index >= 15 is 0 Å². The largest absolute Gasteiger partial charge is 0.374 e. The number of benzene rings is 1. The average Bonchev–Trinajstić information content (AvgIpc) is 2.38. The molecule has 18 heavy (non-hydrogen) atoms. The van der Waals surface area contributed by atoms with Crippen molar-refractivity contribution in [1.29, 1.82) is 0 Å². The summed E-state index contributed by atoms with van der Waals surface area (Å²) in [6, 6.07) is 6.78. The maximum absolute atomic E-state index is 5.90. The van der Waals surface area contributed by atoms with Gasteiger partial charge in [-0.05, 0) is 37.1 Å². The van der Waals surface area contributed by atoms with Gasteiger partial charge in [0, 0.05) is 13.1 Å². The molecule has 0 aromatic heterocycles. The molecule has 0 aliphatic carbocycles. The highest BCUT2D eigenvalue weighted by Crippen LogP contribution is 2.33. The zero-order valence-electron chi connectivity index (χ0n) is 11.6. The molecule has 1 aromatic rings. The van der Waals surface area contributed by atoms with E-state index in [0.717, 1.165) is 19.7 Å². The fourth-order valence-electron chi connectivity index (χ4n) is 3.00. The van der Waals surface area contributed by atoms with Gasteiger partial charge in [-0.25, -0.2) is 0 Å². The molecule has 0 spiro atoms. The third-order valence-corrected chi connectivity index (χ3v) is 3.93. The van der Waals surface area contributed by atoms with E-state index in [0.29, 0.717) is 12.6 Å². The zero-order valence-corrected chi connectivity index (χ0v) is 11.6. The normalized spacial score (nSPS) is 25.3. The van der Waals surface area contributed by atoms with E-state index in [9.17, 15) is 0 Å². The molecule has 1 aromatic carbocycles. The number of morpholine rings is 1. The Kier molecular flexibility index (Phi) is 4.38. The van der Waals surface area contributed by atoms with Crippen LogP contribution < -0.4 is 5.73 Å². The molecule has 1 aliphatic rings. The van der Waals surface area contributed by atoms with E-state index < -0.39 is 0 Å². The fourth-order valence-corrected chi connectivity index (χ4v) is 3.00. The molecule has 100 valence electrons. The molecular formula is C15H24N2O. The Balaban J connectivity index is 2.42. The van der Waals surface area contributed by atoms with Crippen LogP contribution >= 0.6 is 0 Å². The number of rotatable bonds is 3. The predicted octanol–water partition coefficient (Wildman–Crippen LogP) is 2.02. The van der Waals surface area contributed by atoms with Gasteiger partial charge in [0.2, 0.25) is 0 Å². The Bertz CT molecular complexity index is 373. The third-order valence-electron chi connectivity index (χ3n) is 3.93. The van der Waals surface area contributed by atoms with Crippen molar-refractivity contribution in [1.82, 2.24) is 4.90 Å². The summed E-state index contributed by atoms with van der Waals surface area (Å²) < 4.78 is 5.87. The second-order valence-corrected chi connectivity index (χ2v) is 5.02. The van der Waals surface area contributed by atoms with Crippen molar-refractivity contribution < 1.29 is 4.74 Å². The molecular weight excluding hydrogens is 224 g/mol. The standard InChI is InChI=1S/C15H24N2O/c1-4-17-8-9-18-13(10-16)15(17)14-11(2)6-5-7-12(14)3/h5-7,13,15H,4,8-10,16H2,1-3H3. The molecule has 2 rings (SSSR count). The first-order valence-corrected chi connectivity index (χ1v) is 6.80. The van der Waals surface area contributed by atoms with E-state index in [1.807, 2.05) is 0 Å². The van der Waals surface area contributed by atoms with Gasteiger partial charge in [-0.15, -0.1) is 0 Å². The first-order chi connectivity index (χ1) is 8.69. The summed E-state index contributed by atoms with van der Waals surface area (Å²) >= 11 is 0. The summed E-state index contributed by atoms with van der Waals surface area (Å²) in [4.78, 5) is 2.48. The van der Waals surface area contributed by atoms with Crippen LogP contribution in [0.2, 0.25) is 0 Å². The maximum atomic E-state index is 5.90. The average molecular weight is 248 g/mol. The van der Waals surface area contributed by atoms with Gasteiger partial charge >= 0.3 is 0 Å². The van der Waals surface area contributed by atoms with Gasteiger partial charge in [0.05, 0.1) is 18.8 Å². The van der Waals surface area contributed by atoms with Crippen LogP contribution in [-0.2, 0) is 4.74 Å². The lowest BCUT2D eigenvalue weighted by atomic mass is 9.90. The highest BCUT2D eigenvalue weighted by atomic mass is 16.5. The van der Waals surface area contributed by atoms with Gasteiger partial charge < -0.3 is 10.5 Å². The summed E-state index contributed by atoms with van der Waals surface area (Å²) in [5, 5.41) is 0. The fraction of sp³-hybridized carbons (Fsp3) is 0.600. The molecule has 1 fully saturated rings. The van der Waals surface area contributed by atoms with Crippen molar-refractivity contribution in [2.24, 2.45) is 5.73 Å². The topological polar surface area (TPSA) is 38.5 Å². The number of hydrogen-bond acceptors (Lipinski definition) is 3. The van der Waals surface area contributed by atoms with Crippen molar-refractivity contribution in [2.45, 2.75) is 32.9 Å². The minimum atomic E-state index is 0.110. The van der Waals surface area contributed by atoms with Crippen molar-refractivity contribution in [2.75, 3.05) is 26.2 Å². The first-order valence-electron chi connectivity index (χ1n) is 6.80. The van der Waals surface area contributed by atoms with E-state index in [4.69, 9.17) is 10.5 Å². The molecule has 0 saturated carbocycles. The van der Waals surface area contributed by atoms with E-state index in [1.54, 1.807) is 0 Å². The Morgan fingerprint density at radius 1 is 1.33 bits per heavy atom. The van der Waals surface area contributed by atoms with Gasteiger partial charge in [-0.3, -0.25) is 4.90 Å². The Labute approximate surface area is 110 Å². The lowest BCUT2D eigenvalue weighted by Crippen LogP contribution is -2.48. The first kappa shape index (κ1) is 13.5. The second-order valence-electron chi connectivity index (χ2n) is 5.02. The van der Waals surface area contributed by atoms with Crippen LogP contribution in [0.15, 0.2) is 18.2 Å². The number of nitrogens with two attached hydrogens (primary N) is 1. The van der Waals surface area contributed by atoms with Crippen molar-refractivity contribution >= 4 is 0 Å². The molecule has 0 bridgehead atoms. The highest BCUT2D eigenvalue weighted by Gasteiger charge is 2.33. The van der Waals surface area contributed by atoms with Crippen LogP contribution in [-0.4, -0.2) is 37.2 Å². The molecule has 0 amide bonds. The Hall–Kier alpha value is -0.900. The quantitative estimate of drug-likeness (QED) is 0.889. The Morgan fingerprint density at radius 3 is 2.56 bits per heavy atom. The van der Waals surface area contributed by atoms with Crippen LogP contribution in [0.25, 0.3) is 0 Å². The van der Waals surface area contributed by atoms with Gasteiger partial charge in [-0.1, -0.05) is 25.1 Å². The summed E-state index contributed by atoms with van der Waals surface area (Å²) in [6.45, 7) is 9.96. The zero-order chi connectivity index (χ0) is 13.1. The number of nitrogens with zero attached hydrogens (tertiary/aromatic N) is 1. The number of ether oxygens (including phenoxy) is 1. The van der Waals surface area contributed by atoms with Crippen LogP contribution in [0, 0.1) is 13.8 Å². The van der Waals surface area contributed by atoms with Gasteiger partial charge in [0.25, 0.3) is 0 Å². The number of hydrogen-bond donors (Lipinski definition) is 1. The second kappa shape index (κ2) is 5.83. The summed E-state index contributed by atoms with van der Waals surface area (Å²) in [5.74, 6) is 0. The molecule has 1 heterocycles. The minimum absolute atomic E-state index is 0.110. The lowest BCUT2D eigenvalue weighted by molar-refractivity contribution is -0.0662. The highest BCUT2D eigenvalue weighted by molar-refractivity contribution is 5.37. The predicted molar refractivity (Wildman–Crippen MR) is 74.7 cm³/mol. The monoisotopic (exact) mass is 248 g/mol.